The second-order valence-electron chi connectivity index (χ2n) is 3.70. The second-order valence-corrected chi connectivity index (χ2v) is 4.14. The average Bonchev–Trinajstić information content (AvgIpc) is 2.21. The van der Waals surface area contributed by atoms with Gasteiger partial charge in [0.1, 0.15) is 5.75 Å². The smallest absolute Gasteiger partial charge is 0.287 e. The van der Waals surface area contributed by atoms with Crippen LogP contribution in [0, 0.1) is 0 Å². The van der Waals surface area contributed by atoms with E-state index in [4.69, 9.17) is 16.3 Å². The van der Waals surface area contributed by atoms with Gasteiger partial charge in [-0.1, -0.05) is 11.6 Å². The topological polar surface area (TPSA) is 47.6 Å². The highest BCUT2D eigenvalue weighted by Gasteiger charge is 2.29. The van der Waals surface area contributed by atoms with Crippen LogP contribution in [-0.4, -0.2) is 18.6 Å². The molecular weight excluding hydrogens is 230 g/mol. The van der Waals surface area contributed by atoms with Crippen molar-refractivity contribution < 1.29 is 14.4 Å². The van der Waals surface area contributed by atoms with E-state index in [0.29, 0.717) is 10.8 Å². The molecular formula is C11H14ClNO3. The van der Waals surface area contributed by atoms with Crippen LogP contribution in [0.3, 0.4) is 0 Å². The number of ether oxygens (including phenoxy) is 1. The molecule has 1 amide bonds. The summed E-state index contributed by atoms with van der Waals surface area (Å²) in [6.07, 6.45) is 0. The molecule has 0 atom stereocenters. The average molecular weight is 244 g/mol. The Morgan fingerprint density at radius 2 is 1.88 bits per heavy atom. The lowest BCUT2D eigenvalue weighted by Gasteiger charge is -2.24. The van der Waals surface area contributed by atoms with Crippen molar-refractivity contribution in [1.82, 2.24) is 5.48 Å². The van der Waals surface area contributed by atoms with Gasteiger partial charge in [-0.3, -0.25) is 9.63 Å². The predicted molar refractivity (Wildman–Crippen MR) is 61.3 cm³/mol. The molecule has 0 heterocycles. The van der Waals surface area contributed by atoms with Gasteiger partial charge in [-0.15, -0.1) is 0 Å². The summed E-state index contributed by atoms with van der Waals surface area (Å²) >= 11 is 5.74. The van der Waals surface area contributed by atoms with E-state index in [9.17, 15) is 4.79 Å². The SMILES string of the molecule is CONC(=O)C(C)(C)Oc1ccc(Cl)cc1. The molecule has 0 unspecified atom stereocenters. The van der Waals surface area contributed by atoms with Crippen molar-refractivity contribution in [3.05, 3.63) is 29.3 Å². The quantitative estimate of drug-likeness (QED) is 0.825. The van der Waals surface area contributed by atoms with Crippen LogP contribution in [0.4, 0.5) is 0 Å². The number of halogens is 1. The van der Waals surface area contributed by atoms with Gasteiger partial charge in [0.15, 0.2) is 5.60 Å². The Morgan fingerprint density at radius 3 is 2.38 bits per heavy atom. The number of nitrogens with one attached hydrogen (secondary N) is 1. The van der Waals surface area contributed by atoms with Crippen LogP contribution in [0.5, 0.6) is 5.75 Å². The maximum atomic E-state index is 11.5. The van der Waals surface area contributed by atoms with E-state index in [1.54, 1.807) is 38.1 Å². The van der Waals surface area contributed by atoms with Gasteiger partial charge in [-0.2, -0.15) is 0 Å². The van der Waals surface area contributed by atoms with Crippen molar-refractivity contribution in [2.45, 2.75) is 19.4 Å². The molecule has 88 valence electrons. The largest absolute Gasteiger partial charge is 0.478 e. The van der Waals surface area contributed by atoms with Gasteiger partial charge < -0.3 is 4.74 Å². The van der Waals surface area contributed by atoms with Crippen molar-refractivity contribution in [2.75, 3.05) is 7.11 Å². The molecule has 0 saturated heterocycles. The minimum Gasteiger partial charge on any atom is -0.478 e. The Balaban J connectivity index is 2.72. The summed E-state index contributed by atoms with van der Waals surface area (Å²) in [5.74, 6) is 0.214. The van der Waals surface area contributed by atoms with Crippen molar-refractivity contribution >= 4 is 17.5 Å². The Morgan fingerprint density at radius 1 is 1.31 bits per heavy atom. The number of amides is 1. The summed E-state index contributed by atoms with van der Waals surface area (Å²) in [4.78, 5) is 16.1. The van der Waals surface area contributed by atoms with E-state index in [-0.39, 0.29) is 5.91 Å². The van der Waals surface area contributed by atoms with E-state index >= 15 is 0 Å². The van der Waals surface area contributed by atoms with Crippen molar-refractivity contribution in [1.29, 1.82) is 0 Å². The normalized spacial score (nSPS) is 11.0. The molecule has 0 aliphatic carbocycles. The third-order valence-corrected chi connectivity index (χ3v) is 2.18. The van der Waals surface area contributed by atoms with Gasteiger partial charge >= 0.3 is 0 Å². The van der Waals surface area contributed by atoms with E-state index in [1.165, 1.54) is 7.11 Å². The first-order valence-corrected chi connectivity index (χ1v) is 5.11. The fourth-order valence-electron chi connectivity index (χ4n) is 1.06. The van der Waals surface area contributed by atoms with Gasteiger partial charge in [0.25, 0.3) is 5.91 Å². The highest BCUT2D eigenvalue weighted by molar-refractivity contribution is 6.30. The molecule has 1 aromatic rings. The van der Waals surface area contributed by atoms with Crippen molar-refractivity contribution in [2.24, 2.45) is 0 Å². The van der Waals surface area contributed by atoms with Crippen LogP contribution >= 0.6 is 11.6 Å². The first-order valence-electron chi connectivity index (χ1n) is 4.74. The number of hydrogen-bond acceptors (Lipinski definition) is 3. The van der Waals surface area contributed by atoms with Gasteiger partial charge in [0.05, 0.1) is 7.11 Å². The predicted octanol–water partition coefficient (Wildman–Crippen LogP) is 2.17. The van der Waals surface area contributed by atoms with E-state index < -0.39 is 5.60 Å². The molecule has 0 aliphatic heterocycles. The van der Waals surface area contributed by atoms with Crippen molar-refractivity contribution in [3.8, 4) is 5.75 Å². The number of hydroxylamine groups is 1. The van der Waals surface area contributed by atoms with Crippen LogP contribution in [0.2, 0.25) is 5.02 Å². The Labute approximate surface area is 99.5 Å². The highest BCUT2D eigenvalue weighted by Crippen LogP contribution is 2.20. The van der Waals surface area contributed by atoms with Crippen LogP contribution in [0.25, 0.3) is 0 Å². The van der Waals surface area contributed by atoms with Crippen molar-refractivity contribution in [3.63, 3.8) is 0 Å². The molecule has 0 bridgehead atoms. The minimum atomic E-state index is -1.01. The fourth-order valence-corrected chi connectivity index (χ4v) is 1.19. The Hall–Kier alpha value is -1.26. The number of rotatable bonds is 4. The monoisotopic (exact) mass is 243 g/mol. The molecule has 1 rings (SSSR count). The molecule has 5 heteroatoms. The fraction of sp³-hybridized carbons (Fsp3) is 0.364. The third-order valence-electron chi connectivity index (χ3n) is 1.93. The van der Waals surface area contributed by atoms with Gasteiger partial charge in [0, 0.05) is 5.02 Å². The highest BCUT2D eigenvalue weighted by atomic mass is 35.5. The summed E-state index contributed by atoms with van der Waals surface area (Å²) in [6.45, 7) is 3.30. The lowest BCUT2D eigenvalue weighted by Crippen LogP contribution is -2.46. The summed E-state index contributed by atoms with van der Waals surface area (Å²) in [6, 6.07) is 6.79. The molecule has 1 aromatic carbocycles. The maximum Gasteiger partial charge on any atom is 0.287 e. The third kappa shape index (κ3) is 3.40. The van der Waals surface area contributed by atoms with Gasteiger partial charge in [-0.25, -0.2) is 5.48 Å². The number of benzene rings is 1. The molecule has 4 nitrogen and oxygen atoms in total. The number of carbonyl (C=O) groups excluding carboxylic acids is 1. The molecule has 0 fully saturated rings. The van der Waals surface area contributed by atoms with E-state index in [0.717, 1.165) is 0 Å². The van der Waals surface area contributed by atoms with Crippen LogP contribution < -0.4 is 10.2 Å². The number of hydrogen-bond donors (Lipinski definition) is 1. The molecule has 16 heavy (non-hydrogen) atoms. The summed E-state index contributed by atoms with van der Waals surface area (Å²) in [5.41, 5.74) is 1.22. The first-order chi connectivity index (χ1) is 7.45. The zero-order valence-electron chi connectivity index (χ0n) is 9.41. The summed E-state index contributed by atoms with van der Waals surface area (Å²) in [7, 11) is 1.37. The molecule has 0 saturated carbocycles. The summed E-state index contributed by atoms with van der Waals surface area (Å²) in [5, 5.41) is 0.617. The van der Waals surface area contributed by atoms with Crippen LogP contribution in [0.1, 0.15) is 13.8 Å². The Kier molecular flexibility index (Phi) is 4.15. The Bertz CT molecular complexity index is 362. The second kappa shape index (κ2) is 5.18. The standard InChI is InChI=1S/C11H14ClNO3/c1-11(2,10(14)13-15-3)16-9-6-4-8(12)5-7-9/h4-7H,1-3H3,(H,13,14). The molecule has 0 radical (unpaired) electrons. The molecule has 0 spiro atoms. The van der Waals surface area contributed by atoms with Crippen LogP contribution in [-0.2, 0) is 9.63 Å². The molecule has 0 aromatic heterocycles. The number of carbonyl (C=O) groups is 1. The maximum absolute atomic E-state index is 11.5. The first kappa shape index (κ1) is 12.8. The lowest BCUT2D eigenvalue weighted by molar-refractivity contribution is -0.145. The summed E-state index contributed by atoms with van der Waals surface area (Å²) < 4.78 is 5.52. The van der Waals surface area contributed by atoms with Crippen LogP contribution in [0.15, 0.2) is 24.3 Å². The molecule has 0 aliphatic rings. The lowest BCUT2D eigenvalue weighted by atomic mass is 10.1. The van der Waals surface area contributed by atoms with Gasteiger partial charge in [0.2, 0.25) is 0 Å². The van der Waals surface area contributed by atoms with Gasteiger partial charge in [-0.05, 0) is 38.1 Å². The minimum absolute atomic E-state index is 0.357. The van der Waals surface area contributed by atoms with E-state index in [1.807, 2.05) is 0 Å². The zero-order chi connectivity index (χ0) is 12.2. The zero-order valence-corrected chi connectivity index (χ0v) is 10.2. The van der Waals surface area contributed by atoms with E-state index in [2.05, 4.69) is 10.3 Å². The molecule has 1 N–H and O–H groups in total.